The number of hydrogen-bond donors (Lipinski definition) is 1. The fourth-order valence-corrected chi connectivity index (χ4v) is 0.409. The Morgan fingerprint density at radius 3 is 3.00 bits per heavy atom. The Hall–Kier alpha value is -0.660. The summed E-state index contributed by atoms with van der Waals surface area (Å²) in [4.78, 5) is 0. The molecule has 1 N–H and O–H groups in total. The van der Waals surface area contributed by atoms with Crippen LogP contribution in [0.5, 0.6) is 0 Å². The summed E-state index contributed by atoms with van der Waals surface area (Å²) in [6, 6.07) is 0. The summed E-state index contributed by atoms with van der Waals surface area (Å²) < 4.78 is 0. The molecule has 0 aliphatic carbocycles. The maximum absolute atomic E-state index is 3.99. The Morgan fingerprint density at radius 2 is 2.83 bits per heavy atom. The van der Waals surface area contributed by atoms with E-state index in [1.54, 1.807) is 0 Å². The number of nitrogens with zero attached hydrogens (tertiary/aromatic N) is 1. The first-order chi connectivity index (χ1) is 2.89. The Labute approximate surface area is 37.2 Å². The van der Waals surface area contributed by atoms with Crippen LogP contribution < -0.4 is 10.6 Å². The average molecular weight is 83.1 g/mol. The van der Waals surface area contributed by atoms with Crippen molar-refractivity contribution in [2.75, 3.05) is 6.67 Å². The summed E-state index contributed by atoms with van der Waals surface area (Å²) in [5.74, 6) is 0. The van der Waals surface area contributed by atoms with Gasteiger partial charge in [-0.3, -0.25) is 5.32 Å². The van der Waals surface area contributed by atoms with Gasteiger partial charge in [-0.1, -0.05) is 0 Å². The lowest BCUT2D eigenvalue weighted by Gasteiger charge is -1.83. The molecule has 0 amide bonds. The molecular weight excluding hydrogens is 76.1 g/mol. The highest BCUT2D eigenvalue weighted by Crippen LogP contribution is 1.88. The van der Waals surface area contributed by atoms with Crippen LogP contribution in [0.4, 0.5) is 0 Å². The van der Waals surface area contributed by atoms with Crippen molar-refractivity contribution in [1.82, 2.24) is 10.6 Å². The van der Waals surface area contributed by atoms with E-state index in [2.05, 4.69) is 10.6 Å². The quantitative estimate of drug-likeness (QED) is 0.438. The second-order valence-electron chi connectivity index (χ2n) is 1.31. The summed E-state index contributed by atoms with van der Waals surface area (Å²) in [5, 5.41) is 6.93. The molecule has 0 aromatic heterocycles. The van der Waals surface area contributed by atoms with Crippen LogP contribution in [0.15, 0.2) is 11.9 Å². The molecule has 6 heavy (non-hydrogen) atoms. The van der Waals surface area contributed by atoms with Gasteiger partial charge in [0.25, 0.3) is 0 Å². The molecule has 0 bridgehead atoms. The summed E-state index contributed by atoms with van der Waals surface area (Å²) in [7, 11) is 0. The van der Waals surface area contributed by atoms with E-state index in [0.29, 0.717) is 0 Å². The van der Waals surface area contributed by atoms with E-state index >= 15 is 0 Å². The molecule has 1 radical (unpaired) electrons. The van der Waals surface area contributed by atoms with Crippen LogP contribution in [0.2, 0.25) is 0 Å². The van der Waals surface area contributed by atoms with Gasteiger partial charge in [-0.05, 0) is 6.92 Å². The van der Waals surface area contributed by atoms with Gasteiger partial charge in [0.1, 0.15) is 6.67 Å². The third-order valence-electron chi connectivity index (χ3n) is 0.731. The van der Waals surface area contributed by atoms with Crippen LogP contribution in [-0.2, 0) is 0 Å². The minimum Gasteiger partial charge on any atom is -0.371 e. The predicted molar refractivity (Wildman–Crippen MR) is 23.9 cm³/mol. The molecule has 0 fully saturated rings. The standard InChI is InChI=1S/C4H7N2/c1-4-2-5-3-6-4/h2,5H,3H2,1H3. The topological polar surface area (TPSA) is 26.1 Å². The normalized spacial score (nSPS) is 18.5. The summed E-state index contributed by atoms with van der Waals surface area (Å²) in [5.41, 5.74) is 1.09. The van der Waals surface area contributed by atoms with Gasteiger partial charge in [-0.25, -0.2) is 0 Å². The molecule has 1 aliphatic heterocycles. The first-order valence-electron chi connectivity index (χ1n) is 1.97. The van der Waals surface area contributed by atoms with Crippen LogP contribution in [0.25, 0.3) is 0 Å². The van der Waals surface area contributed by atoms with Crippen LogP contribution in [0.1, 0.15) is 6.92 Å². The van der Waals surface area contributed by atoms with Crippen LogP contribution >= 0.6 is 0 Å². The summed E-state index contributed by atoms with van der Waals surface area (Å²) in [6.07, 6.45) is 1.90. The van der Waals surface area contributed by atoms with Crippen molar-refractivity contribution in [1.29, 1.82) is 0 Å². The Morgan fingerprint density at radius 1 is 2.00 bits per heavy atom. The number of nitrogens with one attached hydrogen (secondary N) is 1. The highest BCUT2D eigenvalue weighted by atomic mass is 15.1. The lowest BCUT2D eigenvalue weighted by atomic mass is 10.6. The van der Waals surface area contributed by atoms with E-state index in [4.69, 9.17) is 0 Å². The van der Waals surface area contributed by atoms with Crippen molar-refractivity contribution >= 4 is 0 Å². The molecule has 0 saturated heterocycles. The second-order valence-corrected chi connectivity index (χ2v) is 1.31. The zero-order valence-electron chi connectivity index (χ0n) is 3.73. The highest BCUT2D eigenvalue weighted by Gasteiger charge is 1.93. The average Bonchev–Trinajstić information content (AvgIpc) is 1.86. The molecule has 0 unspecified atom stereocenters. The predicted octanol–water partition coefficient (Wildman–Crippen LogP) is 0.0128. The Kier molecular flexibility index (Phi) is 0.708. The molecule has 1 heterocycles. The smallest absolute Gasteiger partial charge is 0.107 e. The van der Waals surface area contributed by atoms with E-state index in [1.807, 2.05) is 13.1 Å². The highest BCUT2D eigenvalue weighted by molar-refractivity contribution is 4.97. The lowest BCUT2D eigenvalue weighted by Crippen LogP contribution is -2.05. The molecule has 0 aromatic carbocycles. The molecule has 0 aromatic rings. The molecular formula is C4H7N2. The van der Waals surface area contributed by atoms with Gasteiger partial charge in [0, 0.05) is 11.9 Å². The van der Waals surface area contributed by atoms with Crippen molar-refractivity contribution in [3.63, 3.8) is 0 Å². The fraction of sp³-hybridized carbons (Fsp3) is 0.500. The maximum atomic E-state index is 3.99. The monoisotopic (exact) mass is 83.1 g/mol. The van der Waals surface area contributed by atoms with Gasteiger partial charge < -0.3 is 5.32 Å². The first kappa shape index (κ1) is 3.53. The lowest BCUT2D eigenvalue weighted by molar-refractivity contribution is 0.799. The van der Waals surface area contributed by atoms with Crippen LogP contribution in [0, 0.1) is 0 Å². The second kappa shape index (κ2) is 1.20. The first-order valence-corrected chi connectivity index (χ1v) is 1.97. The van der Waals surface area contributed by atoms with Gasteiger partial charge in [0.05, 0.1) is 0 Å². The van der Waals surface area contributed by atoms with E-state index in [1.165, 1.54) is 0 Å². The number of allylic oxidation sites excluding steroid dienone is 1. The third kappa shape index (κ3) is 0.455. The molecule has 33 valence electrons. The fourth-order valence-electron chi connectivity index (χ4n) is 0.409. The van der Waals surface area contributed by atoms with E-state index < -0.39 is 0 Å². The largest absolute Gasteiger partial charge is 0.371 e. The van der Waals surface area contributed by atoms with Gasteiger partial charge >= 0.3 is 0 Å². The summed E-state index contributed by atoms with van der Waals surface area (Å²) in [6.45, 7) is 2.74. The van der Waals surface area contributed by atoms with Gasteiger partial charge in [0.15, 0.2) is 0 Å². The molecule has 1 rings (SSSR count). The molecule has 2 heteroatoms. The number of hydrogen-bond acceptors (Lipinski definition) is 1. The zero-order valence-corrected chi connectivity index (χ0v) is 3.73. The van der Waals surface area contributed by atoms with Gasteiger partial charge in [0.2, 0.25) is 0 Å². The Bertz CT molecular complexity index is 75.6. The molecule has 1 aliphatic rings. The minimum atomic E-state index is 0.770. The van der Waals surface area contributed by atoms with E-state index in [0.717, 1.165) is 12.4 Å². The SMILES string of the molecule is CC1=CNC[N]1. The molecule has 0 atom stereocenters. The van der Waals surface area contributed by atoms with Crippen molar-refractivity contribution < 1.29 is 0 Å². The summed E-state index contributed by atoms with van der Waals surface area (Å²) >= 11 is 0. The van der Waals surface area contributed by atoms with Gasteiger partial charge in [-0.2, -0.15) is 0 Å². The number of rotatable bonds is 0. The van der Waals surface area contributed by atoms with Crippen molar-refractivity contribution in [3.05, 3.63) is 11.9 Å². The van der Waals surface area contributed by atoms with E-state index in [-0.39, 0.29) is 0 Å². The van der Waals surface area contributed by atoms with Crippen molar-refractivity contribution in [3.8, 4) is 0 Å². The Balaban J connectivity index is 2.45. The van der Waals surface area contributed by atoms with Crippen LogP contribution in [-0.4, -0.2) is 6.67 Å². The zero-order chi connectivity index (χ0) is 4.41. The maximum Gasteiger partial charge on any atom is 0.107 e. The molecule has 0 saturated carbocycles. The molecule has 2 nitrogen and oxygen atoms in total. The van der Waals surface area contributed by atoms with Crippen molar-refractivity contribution in [2.24, 2.45) is 0 Å². The van der Waals surface area contributed by atoms with Crippen molar-refractivity contribution in [2.45, 2.75) is 6.92 Å². The van der Waals surface area contributed by atoms with Gasteiger partial charge in [-0.15, -0.1) is 0 Å². The third-order valence-corrected chi connectivity index (χ3v) is 0.731. The van der Waals surface area contributed by atoms with E-state index in [9.17, 15) is 0 Å². The molecule has 0 spiro atoms. The minimum absolute atomic E-state index is 0.770. The van der Waals surface area contributed by atoms with Crippen LogP contribution in [0.3, 0.4) is 0 Å².